The average Bonchev–Trinajstić information content (AvgIpc) is 3.38. The van der Waals surface area contributed by atoms with Gasteiger partial charge in [0.25, 0.3) is 5.91 Å². The quantitative estimate of drug-likeness (QED) is 0.461. The van der Waals surface area contributed by atoms with Gasteiger partial charge in [0, 0.05) is 48.8 Å². The van der Waals surface area contributed by atoms with Gasteiger partial charge in [-0.15, -0.1) is 0 Å². The molecule has 7 nitrogen and oxygen atoms in total. The van der Waals surface area contributed by atoms with Gasteiger partial charge in [-0.2, -0.15) is 5.26 Å². The number of carbonyl (C=O) groups excluding carboxylic acids is 1. The van der Waals surface area contributed by atoms with Crippen molar-refractivity contribution in [2.45, 2.75) is 13.0 Å². The lowest BCUT2D eigenvalue weighted by molar-refractivity contribution is -0.122. The molecule has 2 aliphatic heterocycles. The number of ether oxygens (including phenoxy) is 1. The predicted molar refractivity (Wildman–Crippen MR) is 140 cm³/mol. The van der Waals surface area contributed by atoms with E-state index in [1.165, 1.54) is 11.8 Å². The number of hydrogen-bond donors (Lipinski definition) is 0. The van der Waals surface area contributed by atoms with Crippen molar-refractivity contribution in [3.63, 3.8) is 0 Å². The smallest absolute Gasteiger partial charge is 0.266 e. The molecule has 178 valence electrons. The van der Waals surface area contributed by atoms with Gasteiger partial charge in [-0.1, -0.05) is 36.4 Å². The van der Waals surface area contributed by atoms with Crippen LogP contribution in [0.1, 0.15) is 12.0 Å². The Morgan fingerprint density at radius 1 is 1.06 bits per heavy atom. The van der Waals surface area contributed by atoms with Gasteiger partial charge >= 0.3 is 0 Å². The molecular weight excluding hydrogens is 458 g/mol. The van der Waals surface area contributed by atoms with Crippen molar-refractivity contribution in [2.75, 3.05) is 39.4 Å². The van der Waals surface area contributed by atoms with E-state index < -0.39 is 0 Å². The number of amides is 1. The summed E-state index contributed by atoms with van der Waals surface area (Å²) in [7, 11) is 0. The summed E-state index contributed by atoms with van der Waals surface area (Å²) in [6.07, 6.45) is 4.75. The van der Waals surface area contributed by atoms with E-state index in [0.717, 1.165) is 61.4 Å². The number of aromatic nitrogens is 1. The first-order valence-corrected chi connectivity index (χ1v) is 12.6. The Kier molecular flexibility index (Phi) is 7.28. The minimum Gasteiger partial charge on any atom is -0.379 e. The topological polar surface area (TPSA) is 73.9 Å². The molecule has 2 saturated heterocycles. The largest absolute Gasteiger partial charge is 0.379 e. The maximum atomic E-state index is 13.5. The molecule has 2 fully saturated rings. The molecular formula is C27H27N5O2S. The zero-order valence-electron chi connectivity index (χ0n) is 19.5. The molecule has 0 N–H and O–H groups in total. The Balaban J connectivity index is 1.42. The number of thioether (sulfide) groups is 1. The highest BCUT2D eigenvalue weighted by Crippen LogP contribution is 2.35. The fourth-order valence-electron chi connectivity index (χ4n) is 4.42. The minimum absolute atomic E-state index is 0.0243. The SMILES string of the molecule is N#CCn1cc(C=C2SC(=Nc3ccccc3)N(CCCN3CCOCC3)C2=O)c2ccccc21. The molecule has 1 amide bonds. The van der Waals surface area contributed by atoms with Crippen LogP contribution in [0.4, 0.5) is 5.69 Å². The molecule has 2 aliphatic rings. The Hall–Kier alpha value is -3.38. The fourth-order valence-corrected chi connectivity index (χ4v) is 5.43. The predicted octanol–water partition coefficient (Wildman–Crippen LogP) is 4.49. The molecule has 0 aliphatic carbocycles. The Morgan fingerprint density at radius 3 is 2.63 bits per heavy atom. The van der Waals surface area contributed by atoms with Gasteiger partial charge in [-0.05, 0) is 42.5 Å². The van der Waals surface area contributed by atoms with Crippen molar-refractivity contribution >= 4 is 45.5 Å². The molecule has 1 aromatic heterocycles. The van der Waals surface area contributed by atoms with E-state index in [1.54, 1.807) is 4.90 Å². The summed E-state index contributed by atoms with van der Waals surface area (Å²) in [6, 6.07) is 19.9. The number of amidine groups is 1. The molecule has 2 aromatic carbocycles. The number of nitriles is 1. The van der Waals surface area contributed by atoms with Gasteiger partial charge in [0.05, 0.1) is 29.9 Å². The number of carbonyl (C=O) groups is 1. The van der Waals surface area contributed by atoms with Gasteiger partial charge in [0.2, 0.25) is 0 Å². The van der Waals surface area contributed by atoms with Crippen LogP contribution >= 0.6 is 11.8 Å². The van der Waals surface area contributed by atoms with Crippen molar-refractivity contribution in [3.05, 3.63) is 71.3 Å². The van der Waals surface area contributed by atoms with Gasteiger partial charge < -0.3 is 9.30 Å². The maximum absolute atomic E-state index is 13.5. The highest BCUT2D eigenvalue weighted by molar-refractivity contribution is 8.18. The monoisotopic (exact) mass is 485 g/mol. The molecule has 0 radical (unpaired) electrons. The zero-order valence-corrected chi connectivity index (χ0v) is 20.3. The number of fused-ring (bicyclic) bond motifs is 1. The second-order valence-electron chi connectivity index (χ2n) is 8.49. The first kappa shape index (κ1) is 23.4. The third-order valence-corrected chi connectivity index (χ3v) is 7.18. The highest BCUT2D eigenvalue weighted by atomic mass is 32.2. The van der Waals surface area contributed by atoms with Crippen LogP contribution in [0.5, 0.6) is 0 Å². The third-order valence-electron chi connectivity index (χ3n) is 6.18. The third kappa shape index (κ3) is 5.33. The van der Waals surface area contributed by atoms with Gasteiger partial charge in [-0.25, -0.2) is 4.99 Å². The summed E-state index contributed by atoms with van der Waals surface area (Å²) in [6.45, 7) is 5.22. The molecule has 5 rings (SSSR count). The highest BCUT2D eigenvalue weighted by Gasteiger charge is 2.33. The summed E-state index contributed by atoms with van der Waals surface area (Å²) < 4.78 is 7.36. The average molecular weight is 486 g/mol. The lowest BCUT2D eigenvalue weighted by Gasteiger charge is -2.27. The fraction of sp³-hybridized carbons (Fsp3) is 0.296. The van der Waals surface area contributed by atoms with E-state index in [4.69, 9.17) is 9.73 Å². The van der Waals surface area contributed by atoms with E-state index in [9.17, 15) is 10.1 Å². The van der Waals surface area contributed by atoms with E-state index >= 15 is 0 Å². The summed E-state index contributed by atoms with van der Waals surface area (Å²) in [5.41, 5.74) is 2.74. The van der Waals surface area contributed by atoms with Crippen molar-refractivity contribution in [1.82, 2.24) is 14.4 Å². The Labute approximate surface area is 209 Å². The normalized spacial score (nSPS) is 19.2. The minimum atomic E-state index is -0.0243. The van der Waals surface area contributed by atoms with E-state index in [-0.39, 0.29) is 12.5 Å². The number of rotatable bonds is 7. The van der Waals surface area contributed by atoms with E-state index in [1.807, 2.05) is 71.4 Å². The lowest BCUT2D eigenvalue weighted by Crippen LogP contribution is -2.38. The van der Waals surface area contributed by atoms with Crippen LogP contribution in [0.25, 0.3) is 17.0 Å². The Morgan fingerprint density at radius 2 is 1.83 bits per heavy atom. The number of aliphatic imine (C=N–C) groups is 1. The second kappa shape index (κ2) is 10.9. The number of nitrogens with zero attached hydrogens (tertiary/aromatic N) is 5. The molecule has 8 heteroatoms. The lowest BCUT2D eigenvalue weighted by atomic mass is 10.1. The molecule has 3 heterocycles. The first-order valence-electron chi connectivity index (χ1n) is 11.8. The van der Waals surface area contributed by atoms with Crippen molar-refractivity contribution < 1.29 is 9.53 Å². The van der Waals surface area contributed by atoms with Crippen LogP contribution in [0, 0.1) is 11.3 Å². The van der Waals surface area contributed by atoms with E-state index in [2.05, 4.69) is 11.0 Å². The van der Waals surface area contributed by atoms with Crippen LogP contribution in [0.3, 0.4) is 0 Å². The van der Waals surface area contributed by atoms with Crippen LogP contribution in [0.2, 0.25) is 0 Å². The van der Waals surface area contributed by atoms with Crippen molar-refractivity contribution in [1.29, 1.82) is 5.26 Å². The number of para-hydroxylation sites is 2. The zero-order chi connectivity index (χ0) is 24.0. The van der Waals surface area contributed by atoms with Gasteiger partial charge in [0.15, 0.2) is 5.17 Å². The summed E-state index contributed by atoms with van der Waals surface area (Å²) in [4.78, 5) is 23.2. The van der Waals surface area contributed by atoms with Crippen LogP contribution < -0.4 is 0 Å². The molecule has 0 spiro atoms. The maximum Gasteiger partial charge on any atom is 0.266 e. The van der Waals surface area contributed by atoms with Crippen LogP contribution in [-0.4, -0.2) is 64.8 Å². The molecule has 0 atom stereocenters. The van der Waals surface area contributed by atoms with Gasteiger partial charge in [0.1, 0.15) is 6.54 Å². The van der Waals surface area contributed by atoms with Gasteiger partial charge in [-0.3, -0.25) is 14.6 Å². The number of hydrogen-bond acceptors (Lipinski definition) is 6. The van der Waals surface area contributed by atoms with Crippen LogP contribution in [-0.2, 0) is 16.1 Å². The second-order valence-corrected chi connectivity index (χ2v) is 9.50. The molecule has 35 heavy (non-hydrogen) atoms. The molecule has 0 unspecified atom stereocenters. The number of benzene rings is 2. The van der Waals surface area contributed by atoms with Crippen molar-refractivity contribution in [2.24, 2.45) is 4.99 Å². The number of morpholine rings is 1. The standard InChI is InChI=1S/C27H27N5O2S/c28-11-14-31-20-21(23-9-4-5-10-24(23)31)19-25-26(33)32(13-6-12-30-15-17-34-18-16-30)27(35-25)29-22-7-2-1-3-8-22/h1-5,7-10,19-20H,6,12-18H2. The van der Waals surface area contributed by atoms with Crippen molar-refractivity contribution in [3.8, 4) is 6.07 Å². The summed E-state index contributed by atoms with van der Waals surface area (Å²) in [5.74, 6) is -0.0243. The molecule has 3 aromatic rings. The summed E-state index contributed by atoms with van der Waals surface area (Å²) >= 11 is 1.41. The summed E-state index contributed by atoms with van der Waals surface area (Å²) in [5, 5.41) is 11.0. The first-order chi connectivity index (χ1) is 17.2. The van der Waals surface area contributed by atoms with E-state index in [0.29, 0.717) is 16.6 Å². The Bertz CT molecular complexity index is 1300. The van der Waals surface area contributed by atoms with Crippen LogP contribution in [0.15, 0.2) is 70.7 Å². The molecule has 0 bridgehead atoms. The molecule has 0 saturated carbocycles.